The van der Waals surface area contributed by atoms with Crippen LogP contribution in [0.2, 0.25) is 0 Å². The molecule has 106 valence electrons. The van der Waals surface area contributed by atoms with Crippen molar-refractivity contribution in [3.63, 3.8) is 0 Å². The van der Waals surface area contributed by atoms with Crippen LogP contribution in [0, 0.1) is 0 Å². The maximum absolute atomic E-state index is 6.09. The molecule has 0 bridgehead atoms. The van der Waals surface area contributed by atoms with E-state index in [0.29, 0.717) is 12.1 Å². The molecule has 3 heterocycles. The molecule has 3 nitrogen and oxygen atoms in total. The fourth-order valence-corrected chi connectivity index (χ4v) is 3.98. The highest BCUT2D eigenvalue weighted by molar-refractivity contribution is 7.10. The molecule has 0 radical (unpaired) electrons. The average Bonchev–Trinajstić information content (AvgIpc) is 2.93. The summed E-state index contributed by atoms with van der Waals surface area (Å²) in [5, 5.41) is 5.93. The Kier molecular flexibility index (Phi) is 4.22. The van der Waals surface area contributed by atoms with E-state index in [1.807, 2.05) is 11.3 Å². The van der Waals surface area contributed by atoms with Gasteiger partial charge in [-0.1, -0.05) is 6.07 Å². The maximum atomic E-state index is 6.09. The number of nitrogens with one attached hydrogen (secondary N) is 1. The van der Waals surface area contributed by atoms with Crippen LogP contribution >= 0.6 is 11.3 Å². The maximum Gasteiger partial charge on any atom is 0.0741 e. The van der Waals surface area contributed by atoms with E-state index in [4.69, 9.17) is 9.47 Å². The quantitative estimate of drug-likeness (QED) is 0.923. The summed E-state index contributed by atoms with van der Waals surface area (Å²) < 4.78 is 11.6. The molecule has 0 aromatic carbocycles. The van der Waals surface area contributed by atoms with E-state index in [1.54, 1.807) is 0 Å². The predicted octanol–water partition coefficient (Wildman–Crippen LogP) is 3.13. The van der Waals surface area contributed by atoms with Gasteiger partial charge in [0.05, 0.1) is 5.60 Å². The van der Waals surface area contributed by atoms with Crippen LogP contribution in [-0.4, -0.2) is 31.5 Å². The van der Waals surface area contributed by atoms with Crippen LogP contribution < -0.4 is 5.32 Å². The second-order valence-corrected chi connectivity index (χ2v) is 6.72. The van der Waals surface area contributed by atoms with Gasteiger partial charge in [-0.05, 0) is 44.1 Å². The van der Waals surface area contributed by atoms with Gasteiger partial charge in [0, 0.05) is 36.8 Å². The summed E-state index contributed by atoms with van der Waals surface area (Å²) >= 11 is 1.83. The molecular weight excluding hydrogens is 258 g/mol. The lowest BCUT2D eigenvalue weighted by Crippen LogP contribution is -2.50. The van der Waals surface area contributed by atoms with Crippen molar-refractivity contribution in [2.75, 3.05) is 19.8 Å². The monoisotopic (exact) mass is 281 g/mol. The van der Waals surface area contributed by atoms with E-state index in [2.05, 4.69) is 29.8 Å². The molecule has 0 amide bonds. The Hall–Kier alpha value is -0.420. The molecule has 4 heteroatoms. The van der Waals surface area contributed by atoms with Crippen LogP contribution in [0.3, 0.4) is 0 Å². The van der Waals surface area contributed by atoms with Gasteiger partial charge in [-0.2, -0.15) is 0 Å². The minimum absolute atomic E-state index is 0.0866. The normalized spacial score (nSPS) is 28.4. The van der Waals surface area contributed by atoms with E-state index < -0.39 is 0 Å². The molecule has 2 aliphatic heterocycles. The molecular formula is C15H23NO2S. The highest BCUT2D eigenvalue weighted by atomic mass is 32.1. The molecule has 1 unspecified atom stereocenters. The highest BCUT2D eigenvalue weighted by Crippen LogP contribution is 2.35. The Morgan fingerprint density at radius 1 is 1.37 bits per heavy atom. The smallest absolute Gasteiger partial charge is 0.0741 e. The summed E-state index contributed by atoms with van der Waals surface area (Å²) in [4.78, 5) is 1.42. The predicted molar refractivity (Wildman–Crippen MR) is 77.6 cm³/mol. The van der Waals surface area contributed by atoms with Crippen molar-refractivity contribution in [1.29, 1.82) is 0 Å². The summed E-state index contributed by atoms with van der Waals surface area (Å²) in [6, 6.07) is 5.36. The first-order valence-corrected chi connectivity index (χ1v) is 8.17. The van der Waals surface area contributed by atoms with Crippen molar-refractivity contribution in [3.8, 4) is 0 Å². The number of rotatable bonds is 3. The lowest BCUT2D eigenvalue weighted by atomic mass is 9.84. The SMILES string of the molecule is C[C@@H](NC1CCOC2(CCOCC2)C1)c1cccs1. The highest BCUT2D eigenvalue weighted by Gasteiger charge is 2.39. The first-order valence-electron chi connectivity index (χ1n) is 7.29. The van der Waals surface area contributed by atoms with Gasteiger partial charge in [0.2, 0.25) is 0 Å². The third-order valence-corrected chi connectivity index (χ3v) is 5.41. The third kappa shape index (κ3) is 3.19. The van der Waals surface area contributed by atoms with Crippen LogP contribution in [0.1, 0.15) is 43.5 Å². The number of hydrogen-bond acceptors (Lipinski definition) is 4. The molecule has 2 fully saturated rings. The molecule has 1 N–H and O–H groups in total. The van der Waals surface area contributed by atoms with Crippen LogP contribution in [0.4, 0.5) is 0 Å². The summed E-state index contributed by atoms with van der Waals surface area (Å²) in [7, 11) is 0. The second-order valence-electron chi connectivity index (χ2n) is 5.74. The lowest BCUT2D eigenvalue weighted by Gasteiger charge is -2.44. The summed E-state index contributed by atoms with van der Waals surface area (Å²) in [6.07, 6.45) is 4.36. The van der Waals surface area contributed by atoms with Gasteiger partial charge in [0.1, 0.15) is 0 Å². The minimum atomic E-state index is 0.0866. The molecule has 3 rings (SSSR count). The zero-order chi connectivity index (χ0) is 13.1. The fraction of sp³-hybridized carbons (Fsp3) is 0.733. The van der Waals surface area contributed by atoms with Crippen LogP contribution in [0.25, 0.3) is 0 Å². The van der Waals surface area contributed by atoms with E-state index in [1.165, 1.54) is 4.88 Å². The molecule has 2 saturated heterocycles. The molecule has 1 spiro atoms. The Balaban J connectivity index is 1.59. The fourth-order valence-electron chi connectivity index (χ4n) is 3.24. The first-order chi connectivity index (χ1) is 9.27. The number of thiophene rings is 1. The molecule has 2 aliphatic rings. The topological polar surface area (TPSA) is 30.5 Å². The molecule has 19 heavy (non-hydrogen) atoms. The number of hydrogen-bond donors (Lipinski definition) is 1. The van der Waals surface area contributed by atoms with Crippen LogP contribution in [0.15, 0.2) is 17.5 Å². The van der Waals surface area contributed by atoms with Gasteiger partial charge in [-0.15, -0.1) is 11.3 Å². The molecule has 0 saturated carbocycles. The van der Waals surface area contributed by atoms with Gasteiger partial charge < -0.3 is 14.8 Å². The zero-order valence-electron chi connectivity index (χ0n) is 11.6. The lowest BCUT2D eigenvalue weighted by molar-refractivity contribution is -0.140. The van der Waals surface area contributed by atoms with Crippen molar-refractivity contribution in [2.45, 2.75) is 50.3 Å². The van der Waals surface area contributed by atoms with E-state index in [9.17, 15) is 0 Å². The van der Waals surface area contributed by atoms with Crippen LogP contribution in [-0.2, 0) is 9.47 Å². The van der Waals surface area contributed by atoms with Crippen molar-refractivity contribution in [3.05, 3.63) is 22.4 Å². The minimum Gasteiger partial charge on any atom is -0.381 e. The van der Waals surface area contributed by atoms with Gasteiger partial charge in [-0.25, -0.2) is 0 Å². The van der Waals surface area contributed by atoms with E-state index in [-0.39, 0.29) is 5.60 Å². The van der Waals surface area contributed by atoms with Gasteiger partial charge in [0.25, 0.3) is 0 Å². The third-order valence-electron chi connectivity index (χ3n) is 4.35. The van der Waals surface area contributed by atoms with E-state index >= 15 is 0 Å². The molecule has 0 aliphatic carbocycles. The molecule has 2 atom stereocenters. The summed E-state index contributed by atoms with van der Waals surface area (Å²) in [5.41, 5.74) is 0.0866. The second kappa shape index (κ2) is 5.92. The average molecular weight is 281 g/mol. The van der Waals surface area contributed by atoms with Crippen molar-refractivity contribution >= 4 is 11.3 Å². The first kappa shape index (κ1) is 13.6. The van der Waals surface area contributed by atoms with Crippen molar-refractivity contribution in [1.82, 2.24) is 5.32 Å². The Labute approximate surface area is 119 Å². The van der Waals surface area contributed by atoms with Crippen molar-refractivity contribution in [2.24, 2.45) is 0 Å². The van der Waals surface area contributed by atoms with Gasteiger partial charge >= 0.3 is 0 Å². The number of ether oxygens (including phenoxy) is 2. The zero-order valence-corrected chi connectivity index (χ0v) is 12.4. The van der Waals surface area contributed by atoms with E-state index in [0.717, 1.165) is 45.5 Å². The van der Waals surface area contributed by atoms with Gasteiger partial charge in [0.15, 0.2) is 0 Å². The Morgan fingerprint density at radius 2 is 2.21 bits per heavy atom. The Bertz CT molecular complexity index is 381. The summed E-state index contributed by atoms with van der Waals surface area (Å²) in [6.45, 7) is 4.85. The van der Waals surface area contributed by atoms with Crippen molar-refractivity contribution < 1.29 is 9.47 Å². The largest absolute Gasteiger partial charge is 0.381 e. The standard InChI is InChI=1S/C15H23NO2S/c1-12(14-3-2-10-19-14)16-13-4-7-18-15(11-13)5-8-17-9-6-15/h2-3,10,12-13,16H,4-9,11H2,1H3/t12-,13?/m1/s1. The van der Waals surface area contributed by atoms with Crippen LogP contribution in [0.5, 0.6) is 0 Å². The van der Waals surface area contributed by atoms with Gasteiger partial charge in [-0.3, -0.25) is 0 Å². The molecule has 1 aromatic heterocycles. The Morgan fingerprint density at radius 3 is 2.95 bits per heavy atom. The summed E-state index contributed by atoms with van der Waals surface area (Å²) in [5.74, 6) is 0. The molecule has 1 aromatic rings.